The minimum absolute atomic E-state index is 0.374. The summed E-state index contributed by atoms with van der Waals surface area (Å²) >= 11 is 0. The van der Waals surface area contributed by atoms with Gasteiger partial charge in [-0.1, -0.05) is 6.07 Å². The van der Waals surface area contributed by atoms with Crippen molar-refractivity contribution in [3.05, 3.63) is 29.5 Å². The zero-order valence-corrected chi connectivity index (χ0v) is 8.13. The fourth-order valence-corrected chi connectivity index (χ4v) is 1.81. The summed E-state index contributed by atoms with van der Waals surface area (Å²) in [5, 5.41) is 10.7. The third-order valence-electron chi connectivity index (χ3n) is 2.80. The van der Waals surface area contributed by atoms with Gasteiger partial charge in [0.25, 0.3) is 0 Å². The van der Waals surface area contributed by atoms with Gasteiger partial charge in [-0.05, 0) is 31.5 Å². The molecule has 0 atom stereocenters. The first-order valence-corrected chi connectivity index (χ1v) is 4.36. The smallest absolute Gasteiger partial charge is 0.125 e. The van der Waals surface area contributed by atoms with Crippen LogP contribution in [0.15, 0.2) is 18.2 Å². The van der Waals surface area contributed by atoms with Crippen LogP contribution in [0.4, 0.5) is 0 Å². The molecule has 0 saturated carbocycles. The molecule has 2 aromatic rings. The Balaban J connectivity index is 3.03. The van der Waals surface area contributed by atoms with Crippen LogP contribution in [0, 0.1) is 13.8 Å². The van der Waals surface area contributed by atoms with Crippen molar-refractivity contribution < 1.29 is 5.11 Å². The summed E-state index contributed by atoms with van der Waals surface area (Å²) in [5.41, 5.74) is 3.46. The molecule has 0 radical (unpaired) electrons. The molecule has 0 aliphatic carbocycles. The molecule has 2 rings (SSSR count). The summed E-state index contributed by atoms with van der Waals surface area (Å²) in [6.07, 6.45) is 0. The largest absolute Gasteiger partial charge is 0.507 e. The van der Waals surface area contributed by atoms with Gasteiger partial charge in [-0.3, -0.25) is 0 Å². The van der Waals surface area contributed by atoms with Crippen molar-refractivity contribution in [2.75, 3.05) is 0 Å². The molecule has 13 heavy (non-hydrogen) atoms. The van der Waals surface area contributed by atoms with Crippen LogP contribution in [-0.4, -0.2) is 9.67 Å². The molecule has 1 aromatic carbocycles. The Morgan fingerprint density at radius 1 is 1.23 bits per heavy atom. The van der Waals surface area contributed by atoms with Crippen molar-refractivity contribution in [3.63, 3.8) is 0 Å². The second-order valence-electron chi connectivity index (χ2n) is 3.44. The van der Waals surface area contributed by atoms with E-state index in [4.69, 9.17) is 0 Å². The van der Waals surface area contributed by atoms with Gasteiger partial charge in [0.1, 0.15) is 5.75 Å². The molecule has 0 saturated heterocycles. The van der Waals surface area contributed by atoms with E-state index in [1.807, 2.05) is 26.1 Å². The molecule has 0 unspecified atom stereocenters. The van der Waals surface area contributed by atoms with E-state index in [-0.39, 0.29) is 0 Å². The van der Waals surface area contributed by atoms with E-state index in [1.54, 1.807) is 6.07 Å². The monoisotopic (exact) mass is 175 g/mol. The molecular weight excluding hydrogens is 162 g/mol. The fourth-order valence-electron chi connectivity index (χ4n) is 1.81. The number of hydrogen-bond acceptors (Lipinski definition) is 1. The Kier molecular flexibility index (Phi) is 1.59. The van der Waals surface area contributed by atoms with E-state index in [9.17, 15) is 5.11 Å². The topological polar surface area (TPSA) is 25.2 Å². The Hall–Kier alpha value is -1.44. The molecule has 0 spiro atoms. The van der Waals surface area contributed by atoms with Crippen molar-refractivity contribution in [3.8, 4) is 5.75 Å². The average molecular weight is 175 g/mol. The summed E-state index contributed by atoms with van der Waals surface area (Å²) in [6.45, 7) is 4.10. The molecule has 2 heteroatoms. The van der Waals surface area contributed by atoms with E-state index in [0.717, 1.165) is 16.5 Å². The Labute approximate surface area is 77.4 Å². The number of phenols is 1. The van der Waals surface area contributed by atoms with E-state index in [0.29, 0.717) is 5.75 Å². The lowest BCUT2D eigenvalue weighted by atomic mass is 10.1. The Bertz CT molecular complexity index is 468. The van der Waals surface area contributed by atoms with Gasteiger partial charge in [0.05, 0.1) is 5.52 Å². The van der Waals surface area contributed by atoms with Crippen molar-refractivity contribution in [2.24, 2.45) is 7.05 Å². The van der Waals surface area contributed by atoms with Crippen LogP contribution in [0.25, 0.3) is 10.9 Å². The fraction of sp³-hybridized carbons (Fsp3) is 0.273. The highest BCUT2D eigenvalue weighted by molar-refractivity contribution is 5.90. The van der Waals surface area contributed by atoms with Crippen molar-refractivity contribution in [2.45, 2.75) is 13.8 Å². The van der Waals surface area contributed by atoms with Crippen molar-refractivity contribution >= 4 is 10.9 Å². The summed E-state index contributed by atoms with van der Waals surface area (Å²) in [7, 11) is 2.02. The van der Waals surface area contributed by atoms with Crippen molar-refractivity contribution in [1.82, 2.24) is 4.57 Å². The van der Waals surface area contributed by atoms with Gasteiger partial charge in [-0.15, -0.1) is 0 Å². The highest BCUT2D eigenvalue weighted by Gasteiger charge is 2.10. The van der Waals surface area contributed by atoms with Crippen LogP contribution in [0.3, 0.4) is 0 Å². The predicted molar refractivity (Wildman–Crippen MR) is 54.1 cm³/mol. The lowest BCUT2D eigenvalue weighted by Gasteiger charge is -1.98. The van der Waals surface area contributed by atoms with E-state index in [1.165, 1.54) is 5.69 Å². The first kappa shape index (κ1) is 8.17. The van der Waals surface area contributed by atoms with Gasteiger partial charge in [0, 0.05) is 18.1 Å². The van der Waals surface area contributed by atoms with Crippen LogP contribution >= 0.6 is 0 Å². The minimum Gasteiger partial charge on any atom is -0.507 e. The number of rotatable bonds is 0. The van der Waals surface area contributed by atoms with Gasteiger partial charge in [-0.25, -0.2) is 0 Å². The maximum Gasteiger partial charge on any atom is 0.125 e. The summed E-state index contributed by atoms with van der Waals surface area (Å²) < 4.78 is 2.10. The molecule has 0 fully saturated rings. The standard InChI is InChI=1S/C11H13NO/c1-7-8(2)12(3)9-5-4-6-10(13)11(7)9/h4-6,13H,1-3H3. The zero-order valence-electron chi connectivity index (χ0n) is 8.13. The number of hydrogen-bond donors (Lipinski definition) is 1. The molecule has 0 aliphatic heterocycles. The summed E-state index contributed by atoms with van der Waals surface area (Å²) in [6, 6.07) is 5.63. The second kappa shape index (κ2) is 2.52. The first-order valence-electron chi connectivity index (χ1n) is 4.36. The third-order valence-corrected chi connectivity index (χ3v) is 2.80. The highest BCUT2D eigenvalue weighted by Crippen LogP contribution is 2.30. The molecule has 0 bridgehead atoms. The van der Waals surface area contributed by atoms with Crippen LogP contribution in [0.1, 0.15) is 11.3 Å². The van der Waals surface area contributed by atoms with E-state index >= 15 is 0 Å². The Morgan fingerprint density at radius 2 is 1.92 bits per heavy atom. The molecule has 0 amide bonds. The van der Waals surface area contributed by atoms with Gasteiger partial charge < -0.3 is 9.67 Å². The van der Waals surface area contributed by atoms with Gasteiger partial charge in [-0.2, -0.15) is 0 Å². The predicted octanol–water partition coefficient (Wildman–Crippen LogP) is 2.50. The number of fused-ring (bicyclic) bond motifs is 1. The average Bonchev–Trinajstić information content (AvgIpc) is 2.33. The van der Waals surface area contributed by atoms with Gasteiger partial charge in [0.15, 0.2) is 0 Å². The number of phenolic OH excluding ortho intramolecular Hbond substituents is 1. The number of aromatic hydroxyl groups is 1. The van der Waals surface area contributed by atoms with Gasteiger partial charge in [0.2, 0.25) is 0 Å². The maximum absolute atomic E-state index is 9.68. The molecule has 1 aromatic heterocycles. The SMILES string of the molecule is Cc1c(C)n(C)c2cccc(O)c12. The molecule has 0 aliphatic rings. The molecule has 1 N–H and O–H groups in total. The quantitative estimate of drug-likeness (QED) is 0.653. The number of aromatic nitrogens is 1. The molecular formula is C11H13NO. The number of aryl methyl sites for hydroxylation is 2. The molecule has 1 heterocycles. The summed E-state index contributed by atoms with van der Waals surface area (Å²) in [4.78, 5) is 0. The van der Waals surface area contributed by atoms with Crippen LogP contribution in [0.2, 0.25) is 0 Å². The third kappa shape index (κ3) is 0.949. The highest BCUT2D eigenvalue weighted by atomic mass is 16.3. The molecule has 68 valence electrons. The van der Waals surface area contributed by atoms with Crippen LogP contribution in [-0.2, 0) is 7.05 Å². The first-order chi connectivity index (χ1) is 6.13. The van der Waals surface area contributed by atoms with Crippen LogP contribution < -0.4 is 0 Å². The second-order valence-corrected chi connectivity index (χ2v) is 3.44. The minimum atomic E-state index is 0.374. The normalized spacial score (nSPS) is 11.0. The van der Waals surface area contributed by atoms with E-state index < -0.39 is 0 Å². The Morgan fingerprint density at radius 3 is 2.54 bits per heavy atom. The lowest BCUT2D eigenvalue weighted by molar-refractivity contribution is 0.481. The zero-order chi connectivity index (χ0) is 9.59. The summed E-state index contributed by atoms with van der Waals surface area (Å²) in [5.74, 6) is 0.374. The maximum atomic E-state index is 9.68. The van der Waals surface area contributed by atoms with Gasteiger partial charge >= 0.3 is 0 Å². The lowest BCUT2D eigenvalue weighted by Crippen LogP contribution is -1.89. The van der Waals surface area contributed by atoms with E-state index in [2.05, 4.69) is 11.5 Å². The van der Waals surface area contributed by atoms with Crippen LogP contribution in [0.5, 0.6) is 5.75 Å². The number of benzene rings is 1. The molecule has 2 nitrogen and oxygen atoms in total. The van der Waals surface area contributed by atoms with Crippen molar-refractivity contribution in [1.29, 1.82) is 0 Å². The number of nitrogens with zero attached hydrogens (tertiary/aromatic N) is 1.